The maximum Gasteiger partial charge on any atom is 0.264 e. The Kier molecular flexibility index (Phi) is 6.50. The summed E-state index contributed by atoms with van der Waals surface area (Å²) in [5.74, 6) is -0.311. The molecular weight excluding hydrogens is 412 g/mol. The van der Waals surface area contributed by atoms with Crippen molar-refractivity contribution in [2.24, 2.45) is 0 Å². The topological polar surface area (TPSA) is 81.8 Å². The van der Waals surface area contributed by atoms with Crippen LogP contribution in [-0.2, 0) is 10.0 Å². The van der Waals surface area contributed by atoms with E-state index in [0.717, 1.165) is 5.69 Å². The van der Waals surface area contributed by atoms with Crippen LogP contribution in [0.1, 0.15) is 10.4 Å². The maximum atomic E-state index is 13.2. The summed E-state index contributed by atoms with van der Waals surface area (Å²) < 4.78 is 29.0. The molecule has 0 radical (unpaired) electrons. The van der Waals surface area contributed by atoms with Crippen molar-refractivity contribution in [2.45, 2.75) is 4.90 Å². The summed E-state index contributed by atoms with van der Waals surface area (Å²) in [6, 6.07) is 20.7. The minimum atomic E-state index is -3.90. The molecule has 0 fully saturated rings. The van der Waals surface area contributed by atoms with Crippen molar-refractivity contribution in [2.75, 3.05) is 48.0 Å². The molecule has 3 aromatic carbocycles. The highest BCUT2D eigenvalue weighted by molar-refractivity contribution is 7.92. The molecule has 0 aliphatic rings. The molecule has 162 valence electrons. The summed E-state index contributed by atoms with van der Waals surface area (Å²) in [5.41, 5.74) is 2.80. The van der Waals surface area contributed by atoms with E-state index in [9.17, 15) is 13.2 Å². The lowest BCUT2D eigenvalue weighted by Crippen LogP contribution is -2.20. The van der Waals surface area contributed by atoms with Crippen LogP contribution in [0.25, 0.3) is 0 Å². The van der Waals surface area contributed by atoms with Gasteiger partial charge in [-0.1, -0.05) is 18.2 Å². The highest BCUT2D eigenvalue weighted by Gasteiger charge is 2.21. The molecule has 0 bridgehead atoms. The second kappa shape index (κ2) is 9.09. The number of nitrogens with zero attached hydrogens (tertiary/aromatic N) is 2. The van der Waals surface area contributed by atoms with Gasteiger partial charge in [-0.2, -0.15) is 0 Å². The molecule has 7 nitrogen and oxygen atoms in total. The number of nitrogens with one attached hydrogen (secondary N) is 2. The van der Waals surface area contributed by atoms with E-state index < -0.39 is 10.0 Å². The van der Waals surface area contributed by atoms with E-state index in [1.165, 1.54) is 6.07 Å². The average Bonchev–Trinajstić information content (AvgIpc) is 2.74. The Morgan fingerprint density at radius 1 is 0.774 bits per heavy atom. The molecular formula is C23H26N4O3S. The van der Waals surface area contributed by atoms with Gasteiger partial charge in [0.25, 0.3) is 15.9 Å². The lowest BCUT2D eigenvalue weighted by Gasteiger charge is -2.20. The van der Waals surface area contributed by atoms with Gasteiger partial charge >= 0.3 is 0 Å². The standard InChI is InChI=1S/C23H26N4O3S/c1-26(2)20-13-10-18(11-14-20)25-31(29,30)22-16-19(12-15-21(22)27(3)4)24-23(28)17-8-6-5-7-9-17/h5-16,25H,1-4H3,(H,24,28). The van der Waals surface area contributed by atoms with Gasteiger partial charge in [0, 0.05) is 50.8 Å². The molecule has 31 heavy (non-hydrogen) atoms. The van der Waals surface area contributed by atoms with Crippen LogP contribution < -0.4 is 19.8 Å². The first-order valence-corrected chi connectivity index (χ1v) is 11.1. The number of rotatable bonds is 7. The first-order chi connectivity index (χ1) is 14.7. The van der Waals surface area contributed by atoms with Gasteiger partial charge in [-0.15, -0.1) is 0 Å². The monoisotopic (exact) mass is 438 g/mol. The van der Waals surface area contributed by atoms with Crippen LogP contribution in [-0.4, -0.2) is 42.5 Å². The van der Waals surface area contributed by atoms with Crippen molar-refractivity contribution in [3.8, 4) is 0 Å². The molecule has 0 heterocycles. The SMILES string of the molecule is CN(C)c1ccc(NS(=O)(=O)c2cc(NC(=O)c3ccccc3)ccc2N(C)C)cc1. The molecule has 3 aromatic rings. The van der Waals surface area contributed by atoms with E-state index in [0.29, 0.717) is 22.6 Å². The Balaban J connectivity index is 1.91. The Morgan fingerprint density at radius 3 is 1.97 bits per heavy atom. The van der Waals surface area contributed by atoms with E-state index in [2.05, 4.69) is 10.0 Å². The molecule has 8 heteroatoms. The Morgan fingerprint density at radius 2 is 1.39 bits per heavy atom. The van der Waals surface area contributed by atoms with Crippen LogP contribution in [0.3, 0.4) is 0 Å². The van der Waals surface area contributed by atoms with Crippen molar-refractivity contribution < 1.29 is 13.2 Å². The van der Waals surface area contributed by atoms with Gasteiger partial charge in [0.2, 0.25) is 0 Å². The van der Waals surface area contributed by atoms with Gasteiger partial charge in [-0.05, 0) is 54.6 Å². The van der Waals surface area contributed by atoms with Crippen LogP contribution >= 0.6 is 0 Å². The Bertz CT molecular complexity index is 1160. The zero-order valence-electron chi connectivity index (χ0n) is 18.0. The van der Waals surface area contributed by atoms with Crippen LogP contribution in [0.15, 0.2) is 77.7 Å². The third-order valence-corrected chi connectivity index (χ3v) is 6.07. The fourth-order valence-corrected chi connectivity index (χ4v) is 4.37. The number of carbonyl (C=O) groups is 1. The summed E-state index contributed by atoms with van der Waals surface area (Å²) in [6.07, 6.45) is 0. The van der Waals surface area contributed by atoms with Gasteiger partial charge in [-0.25, -0.2) is 8.42 Å². The molecule has 0 unspecified atom stereocenters. The van der Waals surface area contributed by atoms with Gasteiger partial charge in [0.1, 0.15) is 4.90 Å². The number of sulfonamides is 1. The van der Waals surface area contributed by atoms with Gasteiger partial charge in [0.15, 0.2) is 0 Å². The second-order valence-electron chi connectivity index (χ2n) is 7.44. The van der Waals surface area contributed by atoms with Gasteiger partial charge in [-0.3, -0.25) is 9.52 Å². The Hall–Kier alpha value is -3.52. The fourth-order valence-electron chi connectivity index (χ4n) is 3.01. The van der Waals surface area contributed by atoms with Gasteiger partial charge in [0.05, 0.1) is 5.69 Å². The molecule has 0 saturated carbocycles. The van der Waals surface area contributed by atoms with Crippen molar-refractivity contribution in [1.29, 1.82) is 0 Å². The molecule has 2 N–H and O–H groups in total. The number of anilines is 4. The highest BCUT2D eigenvalue weighted by Crippen LogP contribution is 2.29. The number of benzene rings is 3. The van der Waals surface area contributed by atoms with Crippen LogP contribution in [0, 0.1) is 0 Å². The molecule has 0 saturated heterocycles. The van der Waals surface area contributed by atoms with Crippen LogP contribution in [0.4, 0.5) is 22.7 Å². The summed E-state index contributed by atoms with van der Waals surface area (Å²) in [4.78, 5) is 16.2. The maximum absolute atomic E-state index is 13.2. The number of carbonyl (C=O) groups excluding carboxylic acids is 1. The van der Waals surface area contributed by atoms with E-state index in [1.807, 2.05) is 37.2 Å². The molecule has 0 atom stereocenters. The zero-order chi connectivity index (χ0) is 22.6. The molecule has 0 spiro atoms. The highest BCUT2D eigenvalue weighted by atomic mass is 32.2. The number of hydrogen-bond donors (Lipinski definition) is 2. The van der Waals surface area contributed by atoms with Crippen LogP contribution in [0.2, 0.25) is 0 Å². The van der Waals surface area contributed by atoms with E-state index in [1.54, 1.807) is 67.5 Å². The molecule has 0 aliphatic carbocycles. The molecule has 0 aromatic heterocycles. The lowest BCUT2D eigenvalue weighted by molar-refractivity contribution is 0.102. The summed E-state index contributed by atoms with van der Waals surface area (Å²) >= 11 is 0. The van der Waals surface area contributed by atoms with Crippen molar-refractivity contribution >= 4 is 38.7 Å². The summed E-state index contributed by atoms with van der Waals surface area (Å²) in [7, 11) is 3.46. The normalized spacial score (nSPS) is 11.0. The smallest absolute Gasteiger partial charge is 0.264 e. The van der Waals surface area contributed by atoms with E-state index in [-0.39, 0.29) is 10.8 Å². The fraction of sp³-hybridized carbons (Fsp3) is 0.174. The first kappa shape index (κ1) is 22.2. The van der Waals surface area contributed by atoms with Crippen molar-refractivity contribution in [3.63, 3.8) is 0 Å². The quantitative estimate of drug-likeness (QED) is 0.585. The summed E-state index contributed by atoms with van der Waals surface area (Å²) in [6.45, 7) is 0. The number of amides is 1. The minimum Gasteiger partial charge on any atom is -0.378 e. The zero-order valence-corrected chi connectivity index (χ0v) is 18.8. The Labute approximate surface area is 183 Å². The van der Waals surface area contributed by atoms with Crippen molar-refractivity contribution in [3.05, 3.63) is 78.4 Å². The first-order valence-electron chi connectivity index (χ1n) is 9.65. The van der Waals surface area contributed by atoms with Crippen molar-refractivity contribution in [1.82, 2.24) is 0 Å². The third-order valence-electron chi connectivity index (χ3n) is 4.66. The van der Waals surface area contributed by atoms with E-state index in [4.69, 9.17) is 0 Å². The number of hydrogen-bond acceptors (Lipinski definition) is 5. The largest absolute Gasteiger partial charge is 0.378 e. The molecule has 0 aliphatic heterocycles. The average molecular weight is 439 g/mol. The third kappa shape index (κ3) is 5.35. The van der Waals surface area contributed by atoms with Gasteiger partial charge < -0.3 is 15.1 Å². The molecule has 1 amide bonds. The van der Waals surface area contributed by atoms with Crippen LogP contribution in [0.5, 0.6) is 0 Å². The summed E-state index contributed by atoms with van der Waals surface area (Å²) in [5, 5.41) is 2.77. The second-order valence-corrected chi connectivity index (χ2v) is 9.09. The predicted octanol–water partition coefficient (Wildman–Crippen LogP) is 3.87. The predicted molar refractivity (Wildman–Crippen MR) is 127 cm³/mol. The minimum absolute atomic E-state index is 0.0695. The lowest BCUT2D eigenvalue weighted by atomic mass is 10.2. The molecule has 3 rings (SSSR count). The van der Waals surface area contributed by atoms with E-state index >= 15 is 0 Å².